The summed E-state index contributed by atoms with van der Waals surface area (Å²) < 4.78 is 5.44. The molecule has 2 unspecified atom stereocenters. The SMILES string of the molecule is CC(Oc1ccc(Cl)cc1Cl)C(=O)N(C)C(C)C(=O)O. The summed E-state index contributed by atoms with van der Waals surface area (Å²) in [5.74, 6) is -1.23. The van der Waals surface area contributed by atoms with E-state index in [0.29, 0.717) is 10.8 Å². The van der Waals surface area contributed by atoms with Crippen molar-refractivity contribution < 1.29 is 19.4 Å². The van der Waals surface area contributed by atoms with Crippen LogP contribution >= 0.6 is 23.2 Å². The summed E-state index contributed by atoms with van der Waals surface area (Å²) in [6.45, 7) is 2.95. The van der Waals surface area contributed by atoms with Crippen molar-refractivity contribution in [2.24, 2.45) is 0 Å². The molecule has 110 valence electrons. The van der Waals surface area contributed by atoms with Gasteiger partial charge in [-0.3, -0.25) is 4.79 Å². The van der Waals surface area contributed by atoms with E-state index < -0.39 is 24.0 Å². The van der Waals surface area contributed by atoms with Crippen molar-refractivity contribution in [2.45, 2.75) is 26.0 Å². The molecule has 0 spiro atoms. The molecule has 1 aromatic carbocycles. The molecule has 0 fully saturated rings. The fourth-order valence-electron chi connectivity index (χ4n) is 1.45. The smallest absolute Gasteiger partial charge is 0.326 e. The van der Waals surface area contributed by atoms with Gasteiger partial charge in [0.25, 0.3) is 5.91 Å². The number of benzene rings is 1. The number of likely N-dealkylation sites (N-methyl/N-ethyl adjacent to an activating group) is 1. The minimum absolute atomic E-state index is 0.283. The molecular formula is C13H15Cl2NO4. The molecule has 7 heteroatoms. The van der Waals surface area contributed by atoms with Crippen LogP contribution in [0.4, 0.5) is 0 Å². The quantitative estimate of drug-likeness (QED) is 0.906. The van der Waals surface area contributed by atoms with Crippen molar-refractivity contribution in [3.05, 3.63) is 28.2 Å². The lowest BCUT2D eigenvalue weighted by atomic mass is 10.2. The average molecular weight is 320 g/mol. The Balaban J connectivity index is 2.77. The lowest BCUT2D eigenvalue weighted by molar-refractivity contribution is -0.150. The molecule has 1 rings (SSSR count). The van der Waals surface area contributed by atoms with Crippen LogP contribution in [-0.4, -0.2) is 41.1 Å². The van der Waals surface area contributed by atoms with Gasteiger partial charge in [0.15, 0.2) is 6.10 Å². The number of ether oxygens (including phenoxy) is 1. The number of carbonyl (C=O) groups excluding carboxylic acids is 1. The van der Waals surface area contributed by atoms with E-state index in [1.807, 2.05) is 0 Å². The number of aliphatic carboxylic acids is 1. The van der Waals surface area contributed by atoms with E-state index >= 15 is 0 Å². The summed E-state index contributed by atoms with van der Waals surface area (Å²) in [7, 11) is 1.41. The lowest BCUT2D eigenvalue weighted by Gasteiger charge is -2.25. The molecule has 1 amide bonds. The van der Waals surface area contributed by atoms with Crippen LogP contribution in [-0.2, 0) is 9.59 Å². The van der Waals surface area contributed by atoms with Crippen molar-refractivity contribution >= 4 is 35.1 Å². The third-order valence-electron chi connectivity index (χ3n) is 2.83. The number of rotatable bonds is 5. The molecule has 2 atom stereocenters. The Bertz CT molecular complexity index is 521. The molecule has 0 heterocycles. The lowest BCUT2D eigenvalue weighted by Crippen LogP contribution is -2.46. The van der Waals surface area contributed by atoms with Crippen LogP contribution in [0.5, 0.6) is 5.75 Å². The number of nitrogens with zero attached hydrogens (tertiary/aromatic N) is 1. The Morgan fingerprint density at radius 2 is 1.90 bits per heavy atom. The Labute approximate surface area is 127 Å². The van der Waals surface area contributed by atoms with Crippen molar-refractivity contribution in [2.75, 3.05) is 7.05 Å². The third-order valence-corrected chi connectivity index (χ3v) is 3.36. The van der Waals surface area contributed by atoms with E-state index in [-0.39, 0.29) is 5.02 Å². The van der Waals surface area contributed by atoms with Crippen LogP contribution in [0.15, 0.2) is 18.2 Å². The maximum Gasteiger partial charge on any atom is 0.326 e. The molecule has 0 aromatic heterocycles. The van der Waals surface area contributed by atoms with E-state index in [1.54, 1.807) is 12.1 Å². The number of hydrogen-bond donors (Lipinski definition) is 1. The first-order valence-electron chi connectivity index (χ1n) is 5.85. The zero-order chi connectivity index (χ0) is 15.4. The number of carboxylic acids is 1. The summed E-state index contributed by atoms with van der Waals surface area (Å²) in [4.78, 5) is 24.0. The highest BCUT2D eigenvalue weighted by Crippen LogP contribution is 2.28. The van der Waals surface area contributed by atoms with Gasteiger partial charge in [-0.15, -0.1) is 0 Å². The molecule has 0 aliphatic rings. The molecule has 0 saturated heterocycles. The highest BCUT2D eigenvalue weighted by molar-refractivity contribution is 6.35. The molecule has 20 heavy (non-hydrogen) atoms. The Morgan fingerprint density at radius 1 is 1.30 bits per heavy atom. The summed E-state index contributed by atoms with van der Waals surface area (Å²) in [5.41, 5.74) is 0. The topological polar surface area (TPSA) is 66.8 Å². The molecule has 0 radical (unpaired) electrons. The fourth-order valence-corrected chi connectivity index (χ4v) is 1.91. The minimum atomic E-state index is -1.09. The standard InChI is InChI=1S/C13H15Cl2NO4/c1-7(13(18)19)16(3)12(17)8(2)20-11-5-4-9(14)6-10(11)15/h4-8H,1-3H3,(H,18,19). The van der Waals surface area contributed by atoms with Crippen molar-refractivity contribution in [3.63, 3.8) is 0 Å². The second-order valence-corrected chi connectivity index (χ2v) is 5.14. The van der Waals surface area contributed by atoms with Crippen LogP contribution in [0.2, 0.25) is 10.0 Å². The van der Waals surface area contributed by atoms with Gasteiger partial charge in [-0.1, -0.05) is 23.2 Å². The molecule has 1 aromatic rings. The van der Waals surface area contributed by atoms with Gasteiger partial charge in [0.1, 0.15) is 11.8 Å². The highest BCUT2D eigenvalue weighted by atomic mass is 35.5. The second-order valence-electron chi connectivity index (χ2n) is 4.30. The van der Waals surface area contributed by atoms with Crippen LogP contribution in [0, 0.1) is 0 Å². The zero-order valence-corrected chi connectivity index (χ0v) is 12.8. The van der Waals surface area contributed by atoms with Gasteiger partial charge in [-0.05, 0) is 32.0 Å². The molecule has 0 bridgehead atoms. The third kappa shape index (κ3) is 4.02. The van der Waals surface area contributed by atoms with Gasteiger partial charge in [-0.2, -0.15) is 0 Å². The summed E-state index contributed by atoms with van der Waals surface area (Å²) in [6, 6.07) is 3.70. The van der Waals surface area contributed by atoms with E-state index in [1.165, 1.54) is 27.0 Å². The van der Waals surface area contributed by atoms with Crippen LogP contribution in [0.25, 0.3) is 0 Å². The predicted molar refractivity (Wildman–Crippen MR) is 76.4 cm³/mol. The zero-order valence-electron chi connectivity index (χ0n) is 11.3. The van der Waals surface area contributed by atoms with Crippen LogP contribution < -0.4 is 4.74 Å². The fraction of sp³-hybridized carbons (Fsp3) is 0.385. The molecular weight excluding hydrogens is 305 g/mol. The van der Waals surface area contributed by atoms with Crippen molar-refractivity contribution in [3.8, 4) is 5.75 Å². The van der Waals surface area contributed by atoms with Gasteiger partial charge in [0, 0.05) is 12.1 Å². The monoisotopic (exact) mass is 319 g/mol. The van der Waals surface area contributed by atoms with Crippen molar-refractivity contribution in [1.82, 2.24) is 4.90 Å². The maximum atomic E-state index is 12.0. The average Bonchev–Trinajstić information content (AvgIpc) is 2.39. The van der Waals surface area contributed by atoms with E-state index in [2.05, 4.69) is 0 Å². The van der Waals surface area contributed by atoms with Crippen LogP contribution in [0.1, 0.15) is 13.8 Å². The molecule has 0 saturated carbocycles. The highest BCUT2D eigenvalue weighted by Gasteiger charge is 2.27. The first-order valence-corrected chi connectivity index (χ1v) is 6.60. The van der Waals surface area contributed by atoms with Crippen molar-refractivity contribution in [1.29, 1.82) is 0 Å². The van der Waals surface area contributed by atoms with Gasteiger partial charge >= 0.3 is 5.97 Å². The Kier molecular flexibility index (Phi) is 5.65. The summed E-state index contributed by atoms with van der Waals surface area (Å²) in [6.07, 6.45) is -0.861. The molecule has 0 aliphatic heterocycles. The summed E-state index contributed by atoms with van der Waals surface area (Å²) in [5, 5.41) is 9.62. The molecule has 0 aliphatic carbocycles. The first kappa shape index (κ1) is 16.6. The van der Waals surface area contributed by atoms with E-state index in [4.69, 9.17) is 33.0 Å². The number of carbonyl (C=O) groups is 2. The number of halogens is 2. The largest absolute Gasteiger partial charge is 0.480 e. The number of hydrogen-bond acceptors (Lipinski definition) is 3. The Hall–Kier alpha value is -1.46. The molecule has 5 nitrogen and oxygen atoms in total. The Morgan fingerprint density at radius 3 is 2.40 bits per heavy atom. The van der Waals surface area contributed by atoms with Gasteiger partial charge in [-0.25, -0.2) is 4.79 Å². The second kappa shape index (κ2) is 6.81. The maximum absolute atomic E-state index is 12.0. The van der Waals surface area contributed by atoms with Gasteiger partial charge in [0.2, 0.25) is 0 Å². The van der Waals surface area contributed by atoms with E-state index in [0.717, 1.165) is 4.90 Å². The minimum Gasteiger partial charge on any atom is -0.480 e. The normalized spacial score (nSPS) is 13.4. The summed E-state index contributed by atoms with van der Waals surface area (Å²) >= 11 is 11.7. The number of carboxylic acid groups (broad SMARTS) is 1. The number of amides is 1. The van der Waals surface area contributed by atoms with Gasteiger partial charge < -0.3 is 14.7 Å². The first-order chi connectivity index (χ1) is 9.23. The molecule has 1 N–H and O–H groups in total. The predicted octanol–water partition coefficient (Wildman–Crippen LogP) is 2.69. The van der Waals surface area contributed by atoms with Gasteiger partial charge in [0.05, 0.1) is 5.02 Å². The van der Waals surface area contributed by atoms with E-state index in [9.17, 15) is 9.59 Å². The van der Waals surface area contributed by atoms with Crippen LogP contribution in [0.3, 0.4) is 0 Å².